The Morgan fingerprint density at radius 1 is 1.29 bits per heavy atom. The van der Waals surface area contributed by atoms with Crippen molar-refractivity contribution in [3.63, 3.8) is 0 Å². The zero-order valence-electron chi connectivity index (χ0n) is 12.2. The molecule has 0 aromatic heterocycles. The maximum absolute atomic E-state index is 11.6. The summed E-state index contributed by atoms with van der Waals surface area (Å²) in [5, 5.41) is 6.40. The molecule has 0 aliphatic carbocycles. The quantitative estimate of drug-likeness (QED) is 0.540. The predicted octanol–water partition coefficient (Wildman–Crippen LogP) is 1.89. The van der Waals surface area contributed by atoms with Gasteiger partial charge in [-0.15, -0.1) is 0 Å². The van der Waals surface area contributed by atoms with Crippen molar-refractivity contribution >= 4 is 23.5 Å². The van der Waals surface area contributed by atoms with E-state index >= 15 is 0 Å². The number of ether oxygens (including phenoxy) is 1. The zero-order valence-corrected chi connectivity index (χ0v) is 12.9. The van der Waals surface area contributed by atoms with E-state index in [1.807, 2.05) is 18.2 Å². The third-order valence-electron chi connectivity index (χ3n) is 2.76. The third kappa shape index (κ3) is 7.68. The lowest BCUT2D eigenvalue weighted by atomic mass is 10.2. The number of carbonyl (C=O) groups is 2. The summed E-state index contributed by atoms with van der Waals surface area (Å²) in [5.41, 5.74) is 0.884. The van der Waals surface area contributed by atoms with Crippen molar-refractivity contribution in [1.82, 2.24) is 10.6 Å². The first-order valence-electron chi connectivity index (χ1n) is 7.00. The van der Waals surface area contributed by atoms with Crippen molar-refractivity contribution in [3.8, 4) is 0 Å². The molecule has 2 N–H and O–H groups in total. The number of halogens is 1. The van der Waals surface area contributed by atoms with Crippen molar-refractivity contribution in [2.24, 2.45) is 0 Å². The Labute approximate surface area is 130 Å². The number of hydrogen-bond acceptors (Lipinski definition) is 4. The molecule has 1 aromatic rings. The SMILES string of the molecule is CCOC(=O)CCCNCC(=O)NCc1ccccc1Cl. The van der Waals surface area contributed by atoms with Gasteiger partial charge < -0.3 is 15.4 Å². The molecule has 0 saturated heterocycles. The largest absolute Gasteiger partial charge is 0.466 e. The van der Waals surface area contributed by atoms with Crippen LogP contribution in [-0.4, -0.2) is 31.6 Å². The molecule has 1 aromatic carbocycles. The summed E-state index contributed by atoms with van der Waals surface area (Å²) in [6.07, 6.45) is 1.01. The van der Waals surface area contributed by atoms with Crippen molar-refractivity contribution in [2.75, 3.05) is 19.7 Å². The van der Waals surface area contributed by atoms with E-state index in [0.717, 1.165) is 5.56 Å². The minimum atomic E-state index is -0.206. The highest BCUT2D eigenvalue weighted by Crippen LogP contribution is 2.13. The first-order valence-corrected chi connectivity index (χ1v) is 7.37. The van der Waals surface area contributed by atoms with E-state index in [9.17, 15) is 9.59 Å². The van der Waals surface area contributed by atoms with E-state index in [0.29, 0.717) is 37.6 Å². The number of rotatable bonds is 9. The molecule has 0 atom stereocenters. The topological polar surface area (TPSA) is 67.4 Å². The van der Waals surface area contributed by atoms with Crippen molar-refractivity contribution < 1.29 is 14.3 Å². The van der Waals surface area contributed by atoms with Gasteiger partial charge in [-0.25, -0.2) is 0 Å². The summed E-state index contributed by atoms with van der Waals surface area (Å²) in [7, 11) is 0. The van der Waals surface area contributed by atoms with Crippen molar-refractivity contribution in [2.45, 2.75) is 26.3 Å². The average Bonchev–Trinajstić information content (AvgIpc) is 2.46. The molecule has 6 heteroatoms. The van der Waals surface area contributed by atoms with Gasteiger partial charge in [0.25, 0.3) is 0 Å². The van der Waals surface area contributed by atoms with Gasteiger partial charge in [-0.1, -0.05) is 29.8 Å². The molecule has 1 amide bonds. The van der Waals surface area contributed by atoms with Crippen LogP contribution in [0.3, 0.4) is 0 Å². The fourth-order valence-corrected chi connectivity index (χ4v) is 1.89. The highest BCUT2D eigenvalue weighted by Gasteiger charge is 2.04. The Balaban J connectivity index is 2.09. The fraction of sp³-hybridized carbons (Fsp3) is 0.467. The number of amides is 1. The highest BCUT2D eigenvalue weighted by molar-refractivity contribution is 6.31. The maximum atomic E-state index is 11.6. The third-order valence-corrected chi connectivity index (χ3v) is 3.13. The first kappa shape index (κ1) is 17.5. The summed E-state index contributed by atoms with van der Waals surface area (Å²) >= 11 is 6.00. The van der Waals surface area contributed by atoms with Crippen LogP contribution in [0.4, 0.5) is 0 Å². The van der Waals surface area contributed by atoms with Gasteiger partial charge in [0, 0.05) is 18.0 Å². The number of esters is 1. The molecular weight excluding hydrogens is 292 g/mol. The number of benzene rings is 1. The molecule has 0 aliphatic heterocycles. The minimum absolute atomic E-state index is 0.106. The number of nitrogens with one attached hydrogen (secondary N) is 2. The molecule has 0 heterocycles. The van der Waals surface area contributed by atoms with Crippen LogP contribution in [0.25, 0.3) is 0 Å². The Bertz CT molecular complexity index is 466. The normalized spacial score (nSPS) is 10.2. The Hall–Kier alpha value is -1.59. The van der Waals surface area contributed by atoms with Gasteiger partial charge in [-0.3, -0.25) is 9.59 Å². The lowest BCUT2D eigenvalue weighted by Crippen LogP contribution is -2.34. The van der Waals surface area contributed by atoms with Crippen LogP contribution < -0.4 is 10.6 Å². The molecule has 0 fully saturated rings. The molecule has 5 nitrogen and oxygen atoms in total. The monoisotopic (exact) mass is 312 g/mol. The summed E-state index contributed by atoms with van der Waals surface area (Å²) in [6.45, 7) is 3.39. The van der Waals surface area contributed by atoms with Gasteiger partial charge in [0.1, 0.15) is 0 Å². The second-order valence-corrected chi connectivity index (χ2v) is 4.86. The summed E-state index contributed by atoms with van der Waals surface area (Å²) < 4.78 is 4.81. The van der Waals surface area contributed by atoms with Crippen LogP contribution in [0, 0.1) is 0 Å². The molecule has 21 heavy (non-hydrogen) atoms. The van der Waals surface area contributed by atoms with Gasteiger partial charge in [0.2, 0.25) is 5.91 Å². The molecule has 0 radical (unpaired) electrons. The molecule has 0 saturated carbocycles. The molecule has 0 spiro atoms. The van der Waals surface area contributed by atoms with E-state index in [2.05, 4.69) is 10.6 Å². The van der Waals surface area contributed by atoms with Crippen LogP contribution >= 0.6 is 11.6 Å². The fourth-order valence-electron chi connectivity index (χ4n) is 1.69. The molecule has 0 aliphatic rings. The van der Waals surface area contributed by atoms with E-state index in [-0.39, 0.29) is 18.4 Å². The summed E-state index contributed by atoms with van der Waals surface area (Å²) in [4.78, 5) is 22.7. The van der Waals surface area contributed by atoms with Crippen LogP contribution in [0.5, 0.6) is 0 Å². The van der Waals surface area contributed by atoms with Crippen LogP contribution in [-0.2, 0) is 20.9 Å². The Morgan fingerprint density at radius 2 is 2.05 bits per heavy atom. The lowest BCUT2D eigenvalue weighted by molar-refractivity contribution is -0.143. The standard InChI is InChI=1S/C15H21ClN2O3/c1-2-21-15(20)8-5-9-17-11-14(19)18-10-12-6-3-4-7-13(12)16/h3-4,6-7,17H,2,5,8-11H2,1H3,(H,18,19). The van der Waals surface area contributed by atoms with Gasteiger partial charge in [-0.2, -0.15) is 0 Å². The smallest absolute Gasteiger partial charge is 0.305 e. The Morgan fingerprint density at radius 3 is 2.76 bits per heavy atom. The maximum Gasteiger partial charge on any atom is 0.305 e. The van der Waals surface area contributed by atoms with Crippen molar-refractivity contribution in [3.05, 3.63) is 34.9 Å². The molecule has 1 rings (SSSR count). The molecular formula is C15H21ClN2O3. The number of hydrogen-bond donors (Lipinski definition) is 2. The Kier molecular flexibility index (Phi) is 8.47. The predicted molar refractivity (Wildman–Crippen MR) is 82.0 cm³/mol. The first-order chi connectivity index (χ1) is 10.1. The molecule has 0 bridgehead atoms. The van der Waals surface area contributed by atoms with E-state index in [1.54, 1.807) is 13.0 Å². The lowest BCUT2D eigenvalue weighted by Gasteiger charge is -2.08. The minimum Gasteiger partial charge on any atom is -0.466 e. The van der Waals surface area contributed by atoms with E-state index < -0.39 is 0 Å². The zero-order chi connectivity index (χ0) is 15.5. The average molecular weight is 313 g/mol. The van der Waals surface area contributed by atoms with Crippen LogP contribution in [0.15, 0.2) is 24.3 Å². The van der Waals surface area contributed by atoms with Gasteiger partial charge in [0.05, 0.1) is 13.2 Å². The molecule has 116 valence electrons. The van der Waals surface area contributed by atoms with E-state index in [1.165, 1.54) is 0 Å². The van der Waals surface area contributed by atoms with Gasteiger partial charge >= 0.3 is 5.97 Å². The second kappa shape index (κ2) is 10.2. The second-order valence-electron chi connectivity index (χ2n) is 4.45. The summed E-state index contributed by atoms with van der Waals surface area (Å²) in [5.74, 6) is -0.312. The van der Waals surface area contributed by atoms with Crippen LogP contribution in [0.2, 0.25) is 5.02 Å². The van der Waals surface area contributed by atoms with Crippen LogP contribution in [0.1, 0.15) is 25.3 Å². The van der Waals surface area contributed by atoms with E-state index in [4.69, 9.17) is 16.3 Å². The highest BCUT2D eigenvalue weighted by atomic mass is 35.5. The van der Waals surface area contributed by atoms with Crippen molar-refractivity contribution in [1.29, 1.82) is 0 Å². The van der Waals surface area contributed by atoms with Gasteiger partial charge in [0.15, 0.2) is 0 Å². The molecule has 0 unspecified atom stereocenters. The number of carbonyl (C=O) groups excluding carboxylic acids is 2. The van der Waals surface area contributed by atoms with Gasteiger partial charge in [-0.05, 0) is 31.5 Å². The summed E-state index contributed by atoms with van der Waals surface area (Å²) in [6, 6.07) is 7.38.